The predicted molar refractivity (Wildman–Crippen MR) is 258 cm³/mol. The third kappa shape index (κ3) is 33.4. The molecule has 9 heteroatoms. The summed E-state index contributed by atoms with van der Waals surface area (Å²) < 4.78 is 11.2. The number of carbonyl (C=O) groups excluding carboxylic acids is 1. The van der Waals surface area contributed by atoms with Crippen LogP contribution in [0.5, 0.6) is 0 Å². The Kier molecular flexibility index (Phi) is 41.6. The first-order valence-corrected chi connectivity index (χ1v) is 26.9. The molecule has 368 valence electrons. The maximum absolute atomic E-state index is 13.0. The standard InChI is InChI=1S/C53H103NO8/c1-3-5-7-9-11-13-15-16-17-18-19-20-21-22-23-24-25-26-27-28-29-30-31-33-35-37-39-41-43-49(57)54-46(45-61-53-52(60)51(59)50(58)48(44-55)62-53)47(56)42-40-38-36-34-32-14-12-10-8-6-4-2/h40,42,46-48,50-53,55-56,58-60H,3-39,41,43-45H2,1-2H3,(H,54,57)/b42-40+. The number of aliphatic hydroxyl groups is 5. The van der Waals surface area contributed by atoms with Gasteiger partial charge in [0.15, 0.2) is 6.29 Å². The van der Waals surface area contributed by atoms with Crippen molar-refractivity contribution in [2.45, 2.75) is 307 Å². The molecule has 1 aliphatic rings. The number of nitrogens with one attached hydrogen (secondary N) is 1. The normalized spacial score (nSPS) is 20.3. The fourth-order valence-electron chi connectivity index (χ4n) is 8.81. The largest absolute Gasteiger partial charge is 0.394 e. The quantitative estimate of drug-likeness (QED) is 0.0261. The van der Waals surface area contributed by atoms with Gasteiger partial charge >= 0.3 is 0 Å². The zero-order valence-corrected chi connectivity index (χ0v) is 40.6. The molecule has 7 atom stereocenters. The van der Waals surface area contributed by atoms with Crippen LogP contribution in [-0.4, -0.2) is 87.5 Å². The second kappa shape index (κ2) is 43.8. The molecule has 62 heavy (non-hydrogen) atoms. The Morgan fingerprint density at radius 3 is 1.26 bits per heavy atom. The van der Waals surface area contributed by atoms with Crippen molar-refractivity contribution >= 4 is 5.91 Å². The van der Waals surface area contributed by atoms with Gasteiger partial charge in [-0.3, -0.25) is 4.79 Å². The van der Waals surface area contributed by atoms with Crippen LogP contribution in [0.1, 0.15) is 264 Å². The highest BCUT2D eigenvalue weighted by atomic mass is 16.7. The molecule has 0 bridgehead atoms. The second-order valence-electron chi connectivity index (χ2n) is 19.0. The average molecular weight is 882 g/mol. The van der Waals surface area contributed by atoms with Crippen molar-refractivity contribution in [1.82, 2.24) is 5.32 Å². The van der Waals surface area contributed by atoms with Crippen LogP contribution in [0.3, 0.4) is 0 Å². The topological polar surface area (TPSA) is 149 Å². The number of unbranched alkanes of at least 4 members (excludes halogenated alkanes) is 36. The van der Waals surface area contributed by atoms with Crippen molar-refractivity contribution in [3.8, 4) is 0 Å². The summed E-state index contributed by atoms with van der Waals surface area (Å²) in [5, 5.41) is 54.2. The van der Waals surface area contributed by atoms with Crippen LogP contribution in [0.4, 0.5) is 0 Å². The molecule has 1 amide bonds. The highest BCUT2D eigenvalue weighted by molar-refractivity contribution is 5.76. The van der Waals surface area contributed by atoms with E-state index in [2.05, 4.69) is 19.2 Å². The van der Waals surface area contributed by atoms with E-state index in [1.54, 1.807) is 6.08 Å². The number of aliphatic hydroxyl groups excluding tert-OH is 5. The van der Waals surface area contributed by atoms with Crippen LogP contribution in [0.25, 0.3) is 0 Å². The summed E-state index contributed by atoms with van der Waals surface area (Å²) >= 11 is 0. The van der Waals surface area contributed by atoms with E-state index in [9.17, 15) is 30.3 Å². The van der Waals surface area contributed by atoms with E-state index in [1.807, 2.05) is 6.08 Å². The van der Waals surface area contributed by atoms with Crippen molar-refractivity contribution in [3.05, 3.63) is 12.2 Å². The lowest BCUT2D eigenvalue weighted by Gasteiger charge is -2.40. The molecule has 7 unspecified atom stereocenters. The fraction of sp³-hybridized carbons (Fsp3) is 0.943. The molecule has 0 aliphatic carbocycles. The minimum absolute atomic E-state index is 0.173. The molecule has 6 N–H and O–H groups in total. The SMILES string of the molecule is CCCCCCCCCCC/C=C/C(O)C(COC1OC(CO)C(O)C(O)C1O)NC(=O)CCCCCCCCCCCCCCCCCCCCCCCCCCCCCC. The monoisotopic (exact) mass is 882 g/mol. The highest BCUT2D eigenvalue weighted by Crippen LogP contribution is 2.23. The summed E-state index contributed by atoms with van der Waals surface area (Å²) in [7, 11) is 0. The summed E-state index contributed by atoms with van der Waals surface area (Å²) in [6.45, 7) is 3.78. The van der Waals surface area contributed by atoms with Gasteiger partial charge in [-0.15, -0.1) is 0 Å². The summed E-state index contributed by atoms with van der Waals surface area (Å²) in [5.41, 5.74) is 0. The Morgan fingerprint density at radius 2 is 0.887 bits per heavy atom. The number of allylic oxidation sites excluding steroid dienone is 1. The molecule has 1 heterocycles. The van der Waals surface area contributed by atoms with Gasteiger partial charge in [-0.25, -0.2) is 0 Å². The molecule has 0 aromatic rings. The fourth-order valence-corrected chi connectivity index (χ4v) is 8.81. The minimum atomic E-state index is -1.56. The Hall–Kier alpha value is -1.07. The summed E-state index contributed by atoms with van der Waals surface area (Å²) in [5.74, 6) is -0.173. The van der Waals surface area contributed by atoms with Crippen molar-refractivity contribution < 1.29 is 39.8 Å². The highest BCUT2D eigenvalue weighted by Gasteiger charge is 2.44. The van der Waals surface area contributed by atoms with E-state index in [4.69, 9.17) is 9.47 Å². The molecule has 0 aromatic carbocycles. The van der Waals surface area contributed by atoms with Crippen molar-refractivity contribution in [2.24, 2.45) is 0 Å². The van der Waals surface area contributed by atoms with Gasteiger partial charge in [0.2, 0.25) is 5.91 Å². The maximum atomic E-state index is 13.0. The minimum Gasteiger partial charge on any atom is -0.394 e. The summed E-state index contributed by atoms with van der Waals surface area (Å²) in [4.78, 5) is 13.0. The number of ether oxygens (including phenoxy) is 2. The van der Waals surface area contributed by atoms with Crippen molar-refractivity contribution in [1.29, 1.82) is 0 Å². The Bertz CT molecular complexity index is 981. The van der Waals surface area contributed by atoms with Gasteiger partial charge in [0.05, 0.1) is 25.4 Å². The number of carbonyl (C=O) groups is 1. The van der Waals surface area contributed by atoms with E-state index in [-0.39, 0.29) is 12.5 Å². The first-order chi connectivity index (χ1) is 30.3. The Labute approximate surface area is 382 Å². The van der Waals surface area contributed by atoms with Gasteiger partial charge in [-0.05, 0) is 19.3 Å². The van der Waals surface area contributed by atoms with Gasteiger partial charge in [-0.1, -0.05) is 251 Å². The maximum Gasteiger partial charge on any atom is 0.220 e. The molecule has 9 nitrogen and oxygen atoms in total. The molecule has 1 fully saturated rings. The molecule has 0 aromatic heterocycles. The van der Waals surface area contributed by atoms with Gasteiger partial charge in [0.1, 0.15) is 24.4 Å². The second-order valence-corrected chi connectivity index (χ2v) is 19.0. The van der Waals surface area contributed by atoms with E-state index in [0.717, 1.165) is 38.5 Å². The number of hydrogen-bond acceptors (Lipinski definition) is 8. The third-order valence-electron chi connectivity index (χ3n) is 13.1. The van der Waals surface area contributed by atoms with E-state index in [1.165, 1.54) is 205 Å². The number of amides is 1. The van der Waals surface area contributed by atoms with Gasteiger partial charge < -0.3 is 40.3 Å². The zero-order chi connectivity index (χ0) is 45.1. The van der Waals surface area contributed by atoms with Crippen LogP contribution in [0.2, 0.25) is 0 Å². The lowest BCUT2D eigenvalue weighted by molar-refractivity contribution is -0.302. The number of rotatable bonds is 46. The first kappa shape index (κ1) is 58.9. The Morgan fingerprint density at radius 1 is 0.532 bits per heavy atom. The van der Waals surface area contributed by atoms with E-state index < -0.39 is 49.5 Å². The van der Waals surface area contributed by atoms with Crippen LogP contribution in [0.15, 0.2) is 12.2 Å². The average Bonchev–Trinajstić information content (AvgIpc) is 3.27. The summed E-state index contributed by atoms with van der Waals surface area (Å²) in [6, 6.07) is -0.798. The zero-order valence-electron chi connectivity index (χ0n) is 40.6. The lowest BCUT2D eigenvalue weighted by atomic mass is 9.99. The molecular formula is C53H103NO8. The molecule has 0 spiro atoms. The van der Waals surface area contributed by atoms with Crippen LogP contribution < -0.4 is 5.32 Å². The molecular weight excluding hydrogens is 779 g/mol. The molecule has 1 rings (SSSR count). The van der Waals surface area contributed by atoms with Gasteiger partial charge in [-0.2, -0.15) is 0 Å². The number of hydrogen-bond donors (Lipinski definition) is 6. The third-order valence-corrected chi connectivity index (χ3v) is 13.1. The van der Waals surface area contributed by atoms with Gasteiger partial charge in [0, 0.05) is 6.42 Å². The smallest absolute Gasteiger partial charge is 0.220 e. The van der Waals surface area contributed by atoms with Crippen LogP contribution in [0, 0.1) is 0 Å². The molecule has 1 aliphatic heterocycles. The molecule has 0 saturated carbocycles. The molecule has 0 radical (unpaired) electrons. The lowest BCUT2D eigenvalue weighted by Crippen LogP contribution is -2.60. The van der Waals surface area contributed by atoms with Crippen molar-refractivity contribution in [2.75, 3.05) is 13.2 Å². The van der Waals surface area contributed by atoms with Gasteiger partial charge in [0.25, 0.3) is 0 Å². The van der Waals surface area contributed by atoms with E-state index >= 15 is 0 Å². The Balaban J connectivity index is 2.14. The van der Waals surface area contributed by atoms with Crippen molar-refractivity contribution in [3.63, 3.8) is 0 Å². The predicted octanol–water partition coefficient (Wildman–Crippen LogP) is 12.5. The van der Waals surface area contributed by atoms with Crippen LogP contribution >= 0.6 is 0 Å². The summed E-state index contributed by atoms with van der Waals surface area (Å²) in [6.07, 6.45) is 45.7. The van der Waals surface area contributed by atoms with E-state index in [0.29, 0.717) is 6.42 Å². The van der Waals surface area contributed by atoms with Crippen LogP contribution in [-0.2, 0) is 14.3 Å². The molecule has 1 saturated heterocycles. The first-order valence-electron chi connectivity index (χ1n) is 26.9.